The van der Waals surface area contributed by atoms with E-state index in [-0.39, 0.29) is 18.6 Å². The average Bonchev–Trinajstić information content (AvgIpc) is 2.71. The lowest BCUT2D eigenvalue weighted by atomic mass is 10.2. The summed E-state index contributed by atoms with van der Waals surface area (Å²) in [6, 6.07) is 14.6. The van der Waals surface area contributed by atoms with Crippen molar-refractivity contribution in [1.82, 2.24) is 5.32 Å². The molecule has 2 rings (SSSR count). The summed E-state index contributed by atoms with van der Waals surface area (Å²) < 4.78 is 16.2. The minimum atomic E-state index is -0.591. The van der Waals surface area contributed by atoms with Gasteiger partial charge in [0, 0.05) is 6.04 Å². The fourth-order valence-corrected chi connectivity index (χ4v) is 2.69. The second-order valence-electron chi connectivity index (χ2n) is 6.47. The van der Waals surface area contributed by atoms with Crippen LogP contribution in [0.3, 0.4) is 0 Å². The van der Waals surface area contributed by atoms with E-state index in [1.165, 1.54) is 7.11 Å². The number of ether oxygens (including phenoxy) is 3. The minimum absolute atomic E-state index is 0.0531. The monoisotopic (exact) mass is 385 g/mol. The molecule has 0 spiro atoms. The molecule has 6 heteroatoms. The molecule has 0 saturated carbocycles. The quantitative estimate of drug-likeness (QED) is 0.631. The Morgan fingerprint density at radius 3 is 2.50 bits per heavy atom. The van der Waals surface area contributed by atoms with Gasteiger partial charge in [-0.25, -0.2) is 4.79 Å². The summed E-state index contributed by atoms with van der Waals surface area (Å²) in [5.74, 6) is 0.0377. The zero-order chi connectivity index (χ0) is 20.4. The molecule has 0 aliphatic heterocycles. The van der Waals surface area contributed by atoms with E-state index in [0.717, 1.165) is 18.4 Å². The van der Waals surface area contributed by atoms with E-state index < -0.39 is 5.97 Å². The smallest absolute Gasteiger partial charge is 0.338 e. The van der Waals surface area contributed by atoms with E-state index in [0.29, 0.717) is 23.7 Å². The fraction of sp³-hybridized carbons (Fsp3) is 0.364. The first-order valence-corrected chi connectivity index (χ1v) is 9.34. The highest BCUT2D eigenvalue weighted by Gasteiger charge is 2.15. The number of nitrogens with one attached hydrogen (secondary N) is 1. The molecule has 0 aliphatic carbocycles. The maximum Gasteiger partial charge on any atom is 0.338 e. The standard InChI is InChI=1S/C22H27NO5/c1-4-8-16(2)23-21(24)15-28-22(25)18-11-12-19(20(13-18)26-3)27-14-17-9-6-5-7-10-17/h5-7,9-13,16H,4,8,14-15H2,1-3H3,(H,23,24). The highest BCUT2D eigenvalue weighted by Crippen LogP contribution is 2.29. The zero-order valence-corrected chi connectivity index (χ0v) is 16.6. The molecule has 1 N–H and O–H groups in total. The number of esters is 1. The predicted octanol–water partition coefficient (Wildman–Crippen LogP) is 3.74. The normalized spacial score (nSPS) is 11.4. The molecule has 2 aromatic rings. The van der Waals surface area contributed by atoms with Gasteiger partial charge in [0.2, 0.25) is 0 Å². The Kier molecular flexibility index (Phi) is 8.34. The third-order valence-electron chi connectivity index (χ3n) is 4.10. The Hall–Kier alpha value is -3.02. The van der Waals surface area contributed by atoms with Crippen LogP contribution in [0.5, 0.6) is 11.5 Å². The second kappa shape index (κ2) is 11.0. The van der Waals surface area contributed by atoms with E-state index in [1.54, 1.807) is 18.2 Å². The van der Waals surface area contributed by atoms with Crippen molar-refractivity contribution in [2.45, 2.75) is 39.3 Å². The number of carbonyl (C=O) groups is 2. The lowest BCUT2D eigenvalue weighted by molar-refractivity contribution is -0.124. The summed E-state index contributed by atoms with van der Waals surface area (Å²) in [6.45, 7) is 4.03. The van der Waals surface area contributed by atoms with Crippen LogP contribution < -0.4 is 14.8 Å². The topological polar surface area (TPSA) is 73.9 Å². The number of carbonyl (C=O) groups excluding carboxylic acids is 2. The first-order valence-electron chi connectivity index (χ1n) is 9.34. The van der Waals surface area contributed by atoms with E-state index in [1.807, 2.05) is 44.2 Å². The number of rotatable bonds is 10. The largest absolute Gasteiger partial charge is 0.493 e. The van der Waals surface area contributed by atoms with E-state index in [9.17, 15) is 9.59 Å². The Morgan fingerprint density at radius 1 is 1.07 bits per heavy atom. The molecule has 0 bridgehead atoms. The molecule has 6 nitrogen and oxygen atoms in total. The Bertz CT molecular complexity index is 776. The van der Waals surface area contributed by atoms with Crippen LogP contribution in [0.1, 0.15) is 42.6 Å². The van der Waals surface area contributed by atoms with Gasteiger partial charge in [-0.2, -0.15) is 0 Å². The van der Waals surface area contributed by atoms with Gasteiger partial charge < -0.3 is 19.5 Å². The first-order chi connectivity index (χ1) is 13.5. The maximum absolute atomic E-state index is 12.2. The van der Waals surface area contributed by atoms with Gasteiger partial charge in [-0.1, -0.05) is 43.7 Å². The summed E-state index contributed by atoms with van der Waals surface area (Å²) in [6.07, 6.45) is 1.85. The van der Waals surface area contributed by atoms with Gasteiger partial charge in [0.15, 0.2) is 18.1 Å². The summed E-state index contributed by atoms with van der Waals surface area (Å²) in [4.78, 5) is 24.0. The molecular formula is C22H27NO5. The molecule has 1 unspecified atom stereocenters. The van der Waals surface area contributed by atoms with Crippen molar-refractivity contribution < 1.29 is 23.8 Å². The van der Waals surface area contributed by atoms with E-state index in [2.05, 4.69) is 5.32 Å². The van der Waals surface area contributed by atoms with Crippen LogP contribution in [0, 0.1) is 0 Å². The summed E-state index contributed by atoms with van der Waals surface area (Å²) in [5, 5.41) is 2.79. The molecule has 0 fully saturated rings. The molecule has 28 heavy (non-hydrogen) atoms. The molecule has 0 aromatic heterocycles. The fourth-order valence-electron chi connectivity index (χ4n) is 2.69. The lowest BCUT2D eigenvalue weighted by Crippen LogP contribution is -2.35. The van der Waals surface area contributed by atoms with Crippen molar-refractivity contribution in [1.29, 1.82) is 0 Å². The van der Waals surface area contributed by atoms with Crippen LogP contribution in [0.4, 0.5) is 0 Å². The molecule has 0 aliphatic rings. The Labute approximate surface area is 165 Å². The van der Waals surface area contributed by atoms with Crippen molar-refractivity contribution in [3.8, 4) is 11.5 Å². The maximum atomic E-state index is 12.2. The molecular weight excluding hydrogens is 358 g/mol. The van der Waals surface area contributed by atoms with Gasteiger partial charge in [-0.3, -0.25) is 4.79 Å². The SMILES string of the molecule is CCCC(C)NC(=O)COC(=O)c1ccc(OCc2ccccc2)c(OC)c1. The minimum Gasteiger partial charge on any atom is -0.493 e. The third-order valence-corrected chi connectivity index (χ3v) is 4.10. The van der Waals surface area contributed by atoms with Gasteiger partial charge in [0.1, 0.15) is 6.61 Å². The van der Waals surface area contributed by atoms with Crippen LogP contribution in [0.25, 0.3) is 0 Å². The summed E-state index contributed by atoms with van der Waals surface area (Å²) in [7, 11) is 1.50. The van der Waals surface area contributed by atoms with Crippen LogP contribution in [0.15, 0.2) is 48.5 Å². The summed E-state index contributed by atoms with van der Waals surface area (Å²) in [5.41, 5.74) is 1.31. The van der Waals surface area contributed by atoms with Crippen molar-refractivity contribution in [2.24, 2.45) is 0 Å². The van der Waals surface area contributed by atoms with E-state index in [4.69, 9.17) is 14.2 Å². The highest BCUT2D eigenvalue weighted by molar-refractivity contribution is 5.92. The molecule has 0 heterocycles. The third kappa shape index (κ3) is 6.61. The molecule has 0 saturated heterocycles. The Morgan fingerprint density at radius 2 is 1.82 bits per heavy atom. The summed E-state index contributed by atoms with van der Waals surface area (Å²) >= 11 is 0. The van der Waals surface area contributed by atoms with Crippen LogP contribution in [0.2, 0.25) is 0 Å². The number of methoxy groups -OCH3 is 1. The van der Waals surface area contributed by atoms with Crippen molar-refractivity contribution in [2.75, 3.05) is 13.7 Å². The molecule has 1 atom stereocenters. The van der Waals surface area contributed by atoms with Crippen molar-refractivity contribution in [3.05, 3.63) is 59.7 Å². The van der Waals surface area contributed by atoms with Gasteiger partial charge in [-0.15, -0.1) is 0 Å². The van der Waals surface area contributed by atoms with Crippen LogP contribution in [-0.2, 0) is 16.1 Å². The second-order valence-corrected chi connectivity index (χ2v) is 6.47. The van der Waals surface area contributed by atoms with Gasteiger partial charge in [0.05, 0.1) is 12.7 Å². The van der Waals surface area contributed by atoms with Crippen LogP contribution >= 0.6 is 0 Å². The lowest BCUT2D eigenvalue weighted by Gasteiger charge is -2.14. The molecule has 1 amide bonds. The van der Waals surface area contributed by atoms with Gasteiger partial charge >= 0.3 is 5.97 Å². The first kappa shape index (κ1) is 21.3. The molecule has 0 radical (unpaired) electrons. The van der Waals surface area contributed by atoms with Crippen molar-refractivity contribution >= 4 is 11.9 Å². The van der Waals surface area contributed by atoms with E-state index >= 15 is 0 Å². The zero-order valence-electron chi connectivity index (χ0n) is 16.6. The molecule has 150 valence electrons. The van der Waals surface area contributed by atoms with Crippen LogP contribution in [-0.4, -0.2) is 31.6 Å². The number of hydrogen-bond donors (Lipinski definition) is 1. The Balaban J connectivity index is 1.92. The van der Waals surface area contributed by atoms with Gasteiger partial charge in [-0.05, 0) is 37.1 Å². The molecule has 2 aromatic carbocycles. The van der Waals surface area contributed by atoms with Crippen molar-refractivity contribution in [3.63, 3.8) is 0 Å². The number of hydrogen-bond acceptors (Lipinski definition) is 5. The number of amides is 1. The average molecular weight is 385 g/mol. The number of benzene rings is 2. The highest BCUT2D eigenvalue weighted by atomic mass is 16.5. The van der Waals surface area contributed by atoms with Gasteiger partial charge in [0.25, 0.3) is 5.91 Å². The predicted molar refractivity (Wildman–Crippen MR) is 107 cm³/mol.